The highest BCUT2D eigenvalue weighted by Gasteiger charge is 2.18. The third-order valence-electron chi connectivity index (χ3n) is 3.99. The number of ketones is 1. The predicted octanol–water partition coefficient (Wildman–Crippen LogP) is 3.45. The van der Waals surface area contributed by atoms with Crippen molar-refractivity contribution in [3.05, 3.63) is 66.2 Å². The average molecular weight is 289 g/mol. The Labute approximate surface area is 128 Å². The van der Waals surface area contributed by atoms with Gasteiger partial charge in [0, 0.05) is 23.7 Å². The smallest absolute Gasteiger partial charge is 0.164 e. The van der Waals surface area contributed by atoms with Crippen LogP contribution in [0.25, 0.3) is 17.1 Å². The number of carbonyl (C=O) groups is 1. The maximum atomic E-state index is 11.9. The van der Waals surface area contributed by atoms with Gasteiger partial charge in [0.05, 0.1) is 11.4 Å². The van der Waals surface area contributed by atoms with Crippen LogP contribution in [0.3, 0.4) is 0 Å². The Balaban J connectivity index is 1.71. The highest BCUT2D eigenvalue weighted by Crippen LogP contribution is 2.22. The summed E-state index contributed by atoms with van der Waals surface area (Å²) in [5, 5.41) is 0. The molecule has 22 heavy (non-hydrogen) atoms. The van der Waals surface area contributed by atoms with E-state index >= 15 is 0 Å². The molecule has 0 saturated carbocycles. The van der Waals surface area contributed by atoms with Gasteiger partial charge in [-0.25, -0.2) is 9.97 Å². The van der Waals surface area contributed by atoms with Gasteiger partial charge < -0.3 is 0 Å². The lowest BCUT2D eigenvalue weighted by Crippen LogP contribution is -2.13. The normalized spacial score (nSPS) is 13.9. The molecule has 0 N–H and O–H groups in total. The van der Waals surface area contributed by atoms with E-state index < -0.39 is 0 Å². The zero-order valence-electron chi connectivity index (χ0n) is 12.1. The Morgan fingerprint density at radius 3 is 2.73 bits per heavy atom. The molecule has 4 rings (SSSR count). The van der Waals surface area contributed by atoms with Crippen LogP contribution in [-0.4, -0.2) is 20.3 Å². The fourth-order valence-electron chi connectivity index (χ4n) is 2.84. The van der Waals surface area contributed by atoms with Crippen LogP contribution in [0.15, 0.2) is 55.0 Å². The molecule has 0 atom stereocenters. The van der Waals surface area contributed by atoms with Crippen LogP contribution in [0.4, 0.5) is 0 Å². The van der Waals surface area contributed by atoms with Crippen LogP contribution in [0.2, 0.25) is 0 Å². The lowest BCUT2D eigenvalue weighted by atomic mass is 9.95. The molecule has 108 valence electrons. The molecule has 2 heterocycles. The number of fused-ring (bicyclic) bond motifs is 1. The SMILES string of the molecule is O=C1CCCc2nc(-n3cnc(-c4ccccc4)c3)ccc21. The third-order valence-corrected chi connectivity index (χ3v) is 3.99. The van der Waals surface area contributed by atoms with Gasteiger partial charge in [0.1, 0.15) is 12.1 Å². The molecule has 4 heteroatoms. The van der Waals surface area contributed by atoms with Crippen LogP contribution in [0, 0.1) is 0 Å². The quantitative estimate of drug-likeness (QED) is 0.726. The van der Waals surface area contributed by atoms with E-state index in [4.69, 9.17) is 0 Å². The summed E-state index contributed by atoms with van der Waals surface area (Å²) in [6.07, 6.45) is 6.13. The number of aryl methyl sites for hydroxylation is 1. The molecule has 0 unspecified atom stereocenters. The zero-order valence-corrected chi connectivity index (χ0v) is 12.1. The molecule has 1 aliphatic rings. The number of hydrogen-bond acceptors (Lipinski definition) is 3. The number of Topliss-reactive ketones (excluding diaryl/α,β-unsaturated/α-hetero) is 1. The van der Waals surface area contributed by atoms with Crippen LogP contribution in [0.5, 0.6) is 0 Å². The fraction of sp³-hybridized carbons (Fsp3) is 0.167. The molecule has 3 aromatic rings. The van der Waals surface area contributed by atoms with Gasteiger partial charge in [0.25, 0.3) is 0 Å². The zero-order chi connectivity index (χ0) is 14.9. The molecule has 1 aromatic carbocycles. The number of aromatic nitrogens is 3. The molecule has 0 radical (unpaired) electrons. The summed E-state index contributed by atoms with van der Waals surface area (Å²) >= 11 is 0. The number of imidazole rings is 1. The second-order valence-corrected chi connectivity index (χ2v) is 5.47. The van der Waals surface area contributed by atoms with Crippen LogP contribution < -0.4 is 0 Å². The molecule has 0 fully saturated rings. The van der Waals surface area contributed by atoms with Crippen LogP contribution in [-0.2, 0) is 6.42 Å². The first-order chi connectivity index (χ1) is 10.8. The van der Waals surface area contributed by atoms with Gasteiger partial charge in [-0.3, -0.25) is 9.36 Å². The number of benzene rings is 1. The molecule has 4 nitrogen and oxygen atoms in total. The van der Waals surface area contributed by atoms with Crippen LogP contribution in [0.1, 0.15) is 28.9 Å². The Kier molecular flexibility index (Phi) is 3.07. The van der Waals surface area contributed by atoms with Gasteiger partial charge in [-0.1, -0.05) is 30.3 Å². The van der Waals surface area contributed by atoms with Crippen molar-refractivity contribution in [1.29, 1.82) is 0 Å². The minimum Gasteiger partial charge on any atom is -0.294 e. The molecule has 0 amide bonds. The first-order valence-corrected chi connectivity index (χ1v) is 7.44. The minimum absolute atomic E-state index is 0.205. The van der Waals surface area contributed by atoms with E-state index in [1.165, 1.54) is 0 Å². The summed E-state index contributed by atoms with van der Waals surface area (Å²) in [5.41, 5.74) is 3.67. The maximum Gasteiger partial charge on any atom is 0.164 e. The minimum atomic E-state index is 0.205. The molecular formula is C18H15N3O. The number of rotatable bonds is 2. The van der Waals surface area contributed by atoms with Crippen molar-refractivity contribution in [3.8, 4) is 17.1 Å². The largest absolute Gasteiger partial charge is 0.294 e. The Hall–Kier alpha value is -2.75. The van der Waals surface area contributed by atoms with E-state index in [9.17, 15) is 4.79 Å². The first-order valence-electron chi connectivity index (χ1n) is 7.44. The molecule has 0 saturated heterocycles. The van der Waals surface area contributed by atoms with Crippen LogP contribution >= 0.6 is 0 Å². The summed E-state index contributed by atoms with van der Waals surface area (Å²) in [7, 11) is 0. The number of carbonyl (C=O) groups excluding carboxylic acids is 1. The van der Waals surface area contributed by atoms with Crippen molar-refractivity contribution in [3.63, 3.8) is 0 Å². The number of hydrogen-bond donors (Lipinski definition) is 0. The highest BCUT2D eigenvalue weighted by atomic mass is 16.1. The van der Waals surface area contributed by atoms with Gasteiger partial charge in [-0.2, -0.15) is 0 Å². The maximum absolute atomic E-state index is 11.9. The predicted molar refractivity (Wildman–Crippen MR) is 84.1 cm³/mol. The summed E-state index contributed by atoms with van der Waals surface area (Å²) < 4.78 is 1.90. The molecule has 2 aromatic heterocycles. The second kappa shape index (κ2) is 5.22. The Morgan fingerprint density at radius 2 is 1.86 bits per heavy atom. The molecular weight excluding hydrogens is 274 g/mol. The van der Waals surface area contributed by atoms with Crippen molar-refractivity contribution in [2.45, 2.75) is 19.3 Å². The first kappa shape index (κ1) is 13.0. The standard InChI is InChI=1S/C18H15N3O/c22-17-8-4-7-15-14(17)9-10-18(20-15)21-11-16(19-12-21)13-5-2-1-3-6-13/h1-3,5-6,9-12H,4,7-8H2. The summed E-state index contributed by atoms with van der Waals surface area (Å²) in [5.74, 6) is 1.01. The highest BCUT2D eigenvalue weighted by molar-refractivity contribution is 5.98. The Bertz CT molecular complexity index is 837. The fourth-order valence-corrected chi connectivity index (χ4v) is 2.84. The van der Waals surface area contributed by atoms with E-state index in [2.05, 4.69) is 9.97 Å². The molecule has 0 aliphatic heterocycles. The monoisotopic (exact) mass is 289 g/mol. The number of nitrogens with zero attached hydrogens (tertiary/aromatic N) is 3. The van der Waals surface area contributed by atoms with Crippen molar-refractivity contribution in [2.24, 2.45) is 0 Å². The molecule has 0 bridgehead atoms. The summed E-state index contributed by atoms with van der Waals surface area (Å²) in [6.45, 7) is 0. The topological polar surface area (TPSA) is 47.8 Å². The lowest BCUT2D eigenvalue weighted by Gasteiger charge is -2.14. The molecule has 0 spiro atoms. The Morgan fingerprint density at radius 1 is 1.00 bits per heavy atom. The lowest BCUT2D eigenvalue weighted by molar-refractivity contribution is 0.0971. The van der Waals surface area contributed by atoms with Gasteiger partial charge in [-0.15, -0.1) is 0 Å². The summed E-state index contributed by atoms with van der Waals surface area (Å²) in [6, 6.07) is 13.8. The van der Waals surface area contributed by atoms with Crippen molar-refractivity contribution < 1.29 is 4.79 Å². The van der Waals surface area contributed by atoms with E-state index in [0.717, 1.165) is 41.2 Å². The summed E-state index contributed by atoms with van der Waals surface area (Å²) in [4.78, 5) is 21.0. The van der Waals surface area contributed by atoms with Gasteiger partial charge in [0.15, 0.2) is 5.78 Å². The molecule has 1 aliphatic carbocycles. The van der Waals surface area contributed by atoms with Crippen molar-refractivity contribution in [1.82, 2.24) is 14.5 Å². The van der Waals surface area contributed by atoms with E-state index in [1.807, 2.05) is 53.2 Å². The van der Waals surface area contributed by atoms with Gasteiger partial charge in [0.2, 0.25) is 0 Å². The van der Waals surface area contributed by atoms with Crippen molar-refractivity contribution >= 4 is 5.78 Å². The van der Waals surface area contributed by atoms with E-state index in [-0.39, 0.29) is 5.78 Å². The van der Waals surface area contributed by atoms with Gasteiger partial charge in [-0.05, 0) is 25.0 Å². The van der Waals surface area contributed by atoms with E-state index in [1.54, 1.807) is 6.33 Å². The van der Waals surface area contributed by atoms with E-state index in [0.29, 0.717) is 6.42 Å². The second-order valence-electron chi connectivity index (χ2n) is 5.47. The average Bonchev–Trinajstić information content (AvgIpc) is 3.06. The number of pyridine rings is 1. The van der Waals surface area contributed by atoms with Crippen molar-refractivity contribution in [2.75, 3.05) is 0 Å². The van der Waals surface area contributed by atoms with Gasteiger partial charge >= 0.3 is 0 Å². The third kappa shape index (κ3) is 2.22.